The monoisotopic (exact) mass is 393 g/mol. The topological polar surface area (TPSA) is 74.0 Å². The van der Waals surface area contributed by atoms with Crippen molar-refractivity contribution in [1.29, 1.82) is 0 Å². The summed E-state index contributed by atoms with van der Waals surface area (Å²) in [4.78, 5) is 26.6. The zero-order chi connectivity index (χ0) is 17.6. The predicted molar refractivity (Wildman–Crippen MR) is 99.5 cm³/mol. The summed E-state index contributed by atoms with van der Waals surface area (Å²) in [5.41, 5.74) is 3.23. The maximum Gasteiger partial charge on any atom is 0.268 e. The molecule has 8 heteroatoms. The summed E-state index contributed by atoms with van der Waals surface area (Å²) in [6.07, 6.45) is 1.33. The van der Waals surface area contributed by atoms with Crippen molar-refractivity contribution in [2.75, 3.05) is 0 Å². The SMILES string of the molecule is O=CN[C@@H]1c2ccccc2C[C@@H]1NC(=O)c1cc2sc(Cl)c(Cl)c2[nH]1. The van der Waals surface area contributed by atoms with Gasteiger partial charge in [0.25, 0.3) is 5.91 Å². The van der Waals surface area contributed by atoms with Crippen molar-refractivity contribution in [2.45, 2.75) is 18.5 Å². The van der Waals surface area contributed by atoms with Crippen molar-refractivity contribution in [3.63, 3.8) is 0 Å². The zero-order valence-corrected chi connectivity index (χ0v) is 15.1. The predicted octanol–water partition coefficient (Wildman–Crippen LogP) is 3.68. The molecular formula is C17H13Cl2N3O2S. The van der Waals surface area contributed by atoms with Crippen LogP contribution in [0.5, 0.6) is 0 Å². The van der Waals surface area contributed by atoms with Crippen LogP contribution < -0.4 is 10.6 Å². The van der Waals surface area contributed by atoms with Gasteiger partial charge < -0.3 is 15.6 Å². The third-order valence-electron chi connectivity index (χ3n) is 4.41. The Bertz CT molecular complexity index is 982. The number of aromatic nitrogens is 1. The van der Waals surface area contributed by atoms with Crippen molar-refractivity contribution < 1.29 is 9.59 Å². The smallest absolute Gasteiger partial charge is 0.268 e. The van der Waals surface area contributed by atoms with Crippen LogP contribution in [-0.2, 0) is 11.2 Å². The molecule has 25 heavy (non-hydrogen) atoms. The molecule has 1 aliphatic carbocycles. The number of aromatic amines is 1. The van der Waals surface area contributed by atoms with Gasteiger partial charge in [-0.2, -0.15) is 0 Å². The van der Waals surface area contributed by atoms with Crippen LogP contribution in [0.15, 0.2) is 30.3 Å². The van der Waals surface area contributed by atoms with E-state index in [1.807, 2.05) is 24.3 Å². The van der Waals surface area contributed by atoms with E-state index < -0.39 is 0 Å². The van der Waals surface area contributed by atoms with E-state index >= 15 is 0 Å². The van der Waals surface area contributed by atoms with Crippen LogP contribution in [0.1, 0.15) is 27.7 Å². The molecule has 2 atom stereocenters. The molecule has 0 aliphatic heterocycles. The third kappa shape index (κ3) is 2.80. The van der Waals surface area contributed by atoms with E-state index in [0.717, 1.165) is 15.8 Å². The van der Waals surface area contributed by atoms with Crippen LogP contribution >= 0.6 is 34.5 Å². The summed E-state index contributed by atoms with van der Waals surface area (Å²) in [6.45, 7) is 0. The lowest BCUT2D eigenvalue weighted by Gasteiger charge is -2.20. The molecule has 3 aromatic rings. The lowest BCUT2D eigenvalue weighted by atomic mass is 10.1. The van der Waals surface area contributed by atoms with Gasteiger partial charge in [-0.3, -0.25) is 9.59 Å². The van der Waals surface area contributed by atoms with E-state index in [-0.39, 0.29) is 18.0 Å². The minimum Gasteiger partial charge on any atom is -0.350 e. The van der Waals surface area contributed by atoms with E-state index in [9.17, 15) is 9.59 Å². The van der Waals surface area contributed by atoms with Gasteiger partial charge >= 0.3 is 0 Å². The lowest BCUT2D eigenvalue weighted by molar-refractivity contribution is -0.110. The first-order chi connectivity index (χ1) is 12.1. The van der Waals surface area contributed by atoms with Crippen LogP contribution in [0.4, 0.5) is 0 Å². The van der Waals surface area contributed by atoms with E-state index in [1.54, 1.807) is 6.07 Å². The fourth-order valence-electron chi connectivity index (χ4n) is 3.30. The largest absolute Gasteiger partial charge is 0.350 e. The first-order valence-electron chi connectivity index (χ1n) is 7.63. The van der Waals surface area contributed by atoms with E-state index in [2.05, 4.69) is 15.6 Å². The lowest BCUT2D eigenvalue weighted by Crippen LogP contribution is -2.42. The molecule has 0 saturated carbocycles. The van der Waals surface area contributed by atoms with E-state index in [0.29, 0.717) is 33.4 Å². The molecule has 1 aliphatic rings. The average Bonchev–Trinajstić information content (AvgIpc) is 3.23. The second-order valence-electron chi connectivity index (χ2n) is 5.86. The van der Waals surface area contributed by atoms with Crippen LogP contribution in [0, 0.1) is 0 Å². The number of amides is 2. The summed E-state index contributed by atoms with van der Waals surface area (Å²) in [7, 11) is 0. The summed E-state index contributed by atoms with van der Waals surface area (Å²) >= 11 is 13.4. The molecule has 0 bridgehead atoms. The molecule has 128 valence electrons. The molecule has 4 rings (SSSR count). The molecule has 1 aromatic carbocycles. The molecule has 0 fully saturated rings. The number of hydrogen-bond donors (Lipinski definition) is 3. The molecule has 0 radical (unpaired) electrons. The molecular weight excluding hydrogens is 381 g/mol. The number of H-pyrrole nitrogens is 1. The van der Waals surface area contributed by atoms with Crippen molar-refractivity contribution in [2.24, 2.45) is 0 Å². The minimum absolute atomic E-state index is 0.213. The molecule has 0 unspecified atom stereocenters. The number of carbonyl (C=O) groups excluding carboxylic acids is 2. The second kappa shape index (κ2) is 6.37. The Labute approximate surface area is 157 Å². The Balaban J connectivity index is 1.58. The molecule has 3 N–H and O–H groups in total. The highest BCUT2D eigenvalue weighted by molar-refractivity contribution is 7.23. The van der Waals surface area contributed by atoms with Crippen LogP contribution in [-0.4, -0.2) is 23.3 Å². The van der Waals surface area contributed by atoms with Crippen molar-refractivity contribution >= 4 is 57.1 Å². The van der Waals surface area contributed by atoms with Crippen molar-refractivity contribution in [1.82, 2.24) is 15.6 Å². The van der Waals surface area contributed by atoms with Crippen LogP contribution in [0.3, 0.4) is 0 Å². The summed E-state index contributed by atoms with van der Waals surface area (Å²) in [5, 5.41) is 6.23. The Hall–Kier alpha value is -2.02. The molecule has 2 amide bonds. The molecule has 2 aromatic heterocycles. The molecule has 0 spiro atoms. The summed E-state index contributed by atoms with van der Waals surface area (Å²) in [5.74, 6) is -0.244. The Morgan fingerprint density at radius 1 is 1.32 bits per heavy atom. The highest BCUT2D eigenvalue weighted by atomic mass is 35.5. The van der Waals surface area contributed by atoms with E-state index in [1.165, 1.54) is 11.3 Å². The quantitative estimate of drug-likeness (QED) is 0.591. The third-order valence-corrected chi connectivity index (χ3v) is 6.35. The highest BCUT2D eigenvalue weighted by Crippen LogP contribution is 2.39. The maximum absolute atomic E-state index is 12.6. The van der Waals surface area contributed by atoms with Crippen molar-refractivity contribution in [3.8, 4) is 0 Å². The zero-order valence-electron chi connectivity index (χ0n) is 12.8. The number of benzene rings is 1. The van der Waals surface area contributed by atoms with Gasteiger partial charge in [0.05, 0.1) is 27.3 Å². The number of nitrogens with one attached hydrogen (secondary N) is 3. The van der Waals surface area contributed by atoms with Gasteiger partial charge in [0.15, 0.2) is 0 Å². The first-order valence-corrected chi connectivity index (χ1v) is 9.20. The first kappa shape index (κ1) is 16.4. The number of fused-ring (bicyclic) bond motifs is 2. The molecule has 0 saturated heterocycles. The fraction of sp³-hybridized carbons (Fsp3) is 0.176. The van der Waals surface area contributed by atoms with E-state index in [4.69, 9.17) is 23.2 Å². The highest BCUT2D eigenvalue weighted by Gasteiger charge is 2.33. The number of carbonyl (C=O) groups is 2. The summed E-state index contributed by atoms with van der Waals surface area (Å²) < 4.78 is 1.33. The minimum atomic E-state index is -0.244. The second-order valence-corrected chi connectivity index (χ2v) is 7.89. The van der Waals surface area contributed by atoms with Gasteiger partial charge in [0, 0.05) is 0 Å². The summed E-state index contributed by atoms with van der Waals surface area (Å²) in [6, 6.07) is 9.13. The standard InChI is InChI=1S/C17H13Cl2N3O2S/c18-13-15-12(25-16(13)19)6-11(21-15)17(24)22-10-5-8-3-1-2-4-9(8)14(10)20-7-23/h1-4,6-7,10,14,21H,5H2,(H,20,23)(H,22,24)/t10-,14+/m0/s1. The van der Waals surface area contributed by atoms with Crippen LogP contribution in [0.2, 0.25) is 9.36 Å². The maximum atomic E-state index is 12.6. The Morgan fingerprint density at radius 3 is 2.88 bits per heavy atom. The normalized spacial score (nSPS) is 19.0. The van der Waals surface area contributed by atoms with Crippen molar-refractivity contribution in [3.05, 3.63) is 56.5 Å². The number of rotatable bonds is 4. The fourth-order valence-corrected chi connectivity index (χ4v) is 4.78. The van der Waals surface area contributed by atoms with Crippen LogP contribution in [0.25, 0.3) is 10.2 Å². The molecule has 2 heterocycles. The van der Waals surface area contributed by atoms with Gasteiger partial charge in [-0.25, -0.2) is 0 Å². The van der Waals surface area contributed by atoms with Gasteiger partial charge in [-0.05, 0) is 23.6 Å². The number of hydrogen-bond acceptors (Lipinski definition) is 3. The number of thiophene rings is 1. The Kier molecular flexibility index (Phi) is 4.19. The Morgan fingerprint density at radius 2 is 2.12 bits per heavy atom. The number of halogens is 2. The average molecular weight is 394 g/mol. The molecule has 5 nitrogen and oxygen atoms in total. The van der Waals surface area contributed by atoms with Gasteiger partial charge in [-0.15, -0.1) is 11.3 Å². The van der Waals surface area contributed by atoms with Gasteiger partial charge in [0.2, 0.25) is 6.41 Å². The van der Waals surface area contributed by atoms with Gasteiger partial charge in [-0.1, -0.05) is 47.5 Å². The van der Waals surface area contributed by atoms with Gasteiger partial charge in [0.1, 0.15) is 10.0 Å².